The van der Waals surface area contributed by atoms with Crippen LogP contribution in [-0.2, 0) is 9.53 Å². The van der Waals surface area contributed by atoms with Gasteiger partial charge in [0, 0.05) is 11.5 Å². The van der Waals surface area contributed by atoms with E-state index < -0.39 is 0 Å². The van der Waals surface area contributed by atoms with Gasteiger partial charge in [0.15, 0.2) is 0 Å². The second-order valence-corrected chi connectivity index (χ2v) is 3.70. The fourth-order valence-corrected chi connectivity index (χ4v) is 1.69. The number of aromatic amines is 1. The molecule has 0 aliphatic carbocycles. The van der Waals surface area contributed by atoms with Crippen molar-refractivity contribution in [3.8, 4) is 0 Å². The minimum atomic E-state index is -0.336. The molecular weight excluding hydrogens is 216 g/mol. The normalized spacial score (nSPS) is 11.8. The van der Waals surface area contributed by atoms with Crippen molar-refractivity contribution < 1.29 is 9.53 Å². The van der Waals surface area contributed by atoms with Crippen molar-refractivity contribution in [1.82, 2.24) is 10.2 Å². The predicted molar refractivity (Wildman–Crippen MR) is 66.4 cm³/mol. The lowest BCUT2D eigenvalue weighted by molar-refractivity contribution is -0.137. The molecule has 2 rings (SSSR count). The van der Waals surface area contributed by atoms with E-state index in [1.807, 2.05) is 31.2 Å². The molecule has 4 nitrogen and oxygen atoms in total. The van der Waals surface area contributed by atoms with Crippen molar-refractivity contribution in [3.05, 3.63) is 36.0 Å². The Morgan fingerprint density at radius 2 is 2.24 bits per heavy atom. The number of ether oxygens (including phenoxy) is 1. The van der Waals surface area contributed by atoms with Crippen LogP contribution in [0.4, 0.5) is 0 Å². The summed E-state index contributed by atoms with van der Waals surface area (Å²) in [6.45, 7) is 4.01. The number of carbonyl (C=O) groups is 1. The van der Waals surface area contributed by atoms with Crippen molar-refractivity contribution in [1.29, 1.82) is 0 Å². The standard InChI is InChI=1S/C13H14N2O2/c1-3-17-12(16)8-9(2)13-10-6-4-5-7-11(10)14-15-13/h4-8H,3H2,1-2H3,(H,14,15)/b9-8-. The van der Waals surface area contributed by atoms with Gasteiger partial charge >= 0.3 is 5.97 Å². The Kier molecular flexibility index (Phi) is 3.23. The van der Waals surface area contributed by atoms with E-state index in [0.717, 1.165) is 22.2 Å². The van der Waals surface area contributed by atoms with Crippen LogP contribution in [0.5, 0.6) is 0 Å². The summed E-state index contributed by atoms with van der Waals surface area (Å²) in [7, 11) is 0. The Labute approximate surface area is 99.3 Å². The zero-order chi connectivity index (χ0) is 12.3. The molecule has 1 N–H and O–H groups in total. The average Bonchev–Trinajstić information content (AvgIpc) is 2.72. The summed E-state index contributed by atoms with van der Waals surface area (Å²) in [5.41, 5.74) is 2.54. The van der Waals surface area contributed by atoms with Gasteiger partial charge in [-0.15, -0.1) is 0 Å². The summed E-state index contributed by atoms with van der Waals surface area (Å²) in [6, 6.07) is 7.80. The second-order valence-electron chi connectivity index (χ2n) is 3.70. The van der Waals surface area contributed by atoms with Gasteiger partial charge in [0.2, 0.25) is 0 Å². The predicted octanol–water partition coefficient (Wildman–Crippen LogP) is 2.53. The van der Waals surface area contributed by atoms with Gasteiger partial charge in [-0.1, -0.05) is 18.2 Å². The first-order valence-corrected chi connectivity index (χ1v) is 5.51. The highest BCUT2D eigenvalue weighted by Gasteiger charge is 2.08. The third kappa shape index (κ3) is 2.36. The Balaban J connectivity index is 2.36. The van der Waals surface area contributed by atoms with Crippen molar-refractivity contribution in [2.75, 3.05) is 6.61 Å². The summed E-state index contributed by atoms with van der Waals surface area (Å²) >= 11 is 0. The third-order valence-corrected chi connectivity index (χ3v) is 2.46. The van der Waals surface area contributed by atoms with Crippen molar-refractivity contribution >= 4 is 22.4 Å². The Morgan fingerprint density at radius 3 is 3.00 bits per heavy atom. The molecule has 0 radical (unpaired) electrons. The minimum Gasteiger partial charge on any atom is -0.463 e. The van der Waals surface area contributed by atoms with E-state index in [1.165, 1.54) is 6.08 Å². The van der Waals surface area contributed by atoms with Crippen LogP contribution >= 0.6 is 0 Å². The fraction of sp³-hybridized carbons (Fsp3) is 0.231. The molecule has 0 amide bonds. The maximum absolute atomic E-state index is 11.3. The van der Waals surface area contributed by atoms with Gasteiger partial charge < -0.3 is 4.74 Å². The van der Waals surface area contributed by atoms with E-state index in [9.17, 15) is 4.79 Å². The number of nitrogens with zero attached hydrogens (tertiary/aromatic N) is 1. The van der Waals surface area contributed by atoms with Gasteiger partial charge in [0.1, 0.15) is 0 Å². The molecule has 4 heteroatoms. The zero-order valence-electron chi connectivity index (χ0n) is 9.86. The lowest BCUT2D eigenvalue weighted by atomic mass is 10.1. The molecular formula is C13H14N2O2. The van der Waals surface area contributed by atoms with Gasteiger partial charge in [-0.2, -0.15) is 5.10 Å². The Hall–Kier alpha value is -2.10. The number of fused-ring (bicyclic) bond motifs is 1. The number of hydrogen-bond donors (Lipinski definition) is 1. The molecule has 1 aromatic heterocycles. The van der Waals surface area contributed by atoms with E-state index in [0.29, 0.717) is 6.61 Å². The number of allylic oxidation sites excluding steroid dienone is 1. The lowest BCUT2D eigenvalue weighted by Crippen LogP contribution is -2.00. The molecule has 0 spiro atoms. The molecule has 0 aliphatic heterocycles. The van der Waals surface area contributed by atoms with E-state index in [1.54, 1.807) is 6.92 Å². The van der Waals surface area contributed by atoms with Gasteiger partial charge in [-0.3, -0.25) is 5.10 Å². The van der Waals surface area contributed by atoms with Crippen LogP contribution in [0, 0.1) is 0 Å². The monoisotopic (exact) mass is 230 g/mol. The van der Waals surface area contributed by atoms with Crippen LogP contribution in [0.3, 0.4) is 0 Å². The van der Waals surface area contributed by atoms with Gasteiger partial charge in [0.05, 0.1) is 17.8 Å². The maximum Gasteiger partial charge on any atom is 0.331 e. The topological polar surface area (TPSA) is 55.0 Å². The number of H-pyrrole nitrogens is 1. The molecule has 1 aromatic carbocycles. The molecule has 88 valence electrons. The van der Waals surface area contributed by atoms with Crippen LogP contribution in [0.25, 0.3) is 16.5 Å². The van der Waals surface area contributed by atoms with E-state index >= 15 is 0 Å². The maximum atomic E-state index is 11.3. The average molecular weight is 230 g/mol. The zero-order valence-corrected chi connectivity index (χ0v) is 9.86. The summed E-state index contributed by atoms with van der Waals surface area (Å²) in [5, 5.41) is 8.14. The van der Waals surface area contributed by atoms with E-state index in [-0.39, 0.29) is 5.97 Å². The first-order chi connectivity index (χ1) is 8.22. The van der Waals surface area contributed by atoms with E-state index in [4.69, 9.17) is 4.74 Å². The largest absolute Gasteiger partial charge is 0.463 e. The van der Waals surface area contributed by atoms with Gasteiger partial charge in [0.25, 0.3) is 0 Å². The fourth-order valence-electron chi connectivity index (χ4n) is 1.69. The van der Waals surface area contributed by atoms with Crippen molar-refractivity contribution in [2.24, 2.45) is 0 Å². The summed E-state index contributed by atoms with van der Waals surface area (Å²) < 4.78 is 4.87. The number of carbonyl (C=O) groups excluding carboxylic acids is 1. The van der Waals surface area contributed by atoms with Crippen LogP contribution in [0.15, 0.2) is 30.3 Å². The number of benzene rings is 1. The number of nitrogens with one attached hydrogen (secondary N) is 1. The summed E-state index contributed by atoms with van der Waals surface area (Å²) in [6.07, 6.45) is 1.46. The highest BCUT2D eigenvalue weighted by atomic mass is 16.5. The lowest BCUT2D eigenvalue weighted by Gasteiger charge is -1.99. The van der Waals surface area contributed by atoms with Gasteiger partial charge in [-0.25, -0.2) is 4.79 Å². The molecule has 1 heterocycles. The number of hydrogen-bond acceptors (Lipinski definition) is 3. The molecule has 0 saturated carbocycles. The highest BCUT2D eigenvalue weighted by molar-refractivity contribution is 5.96. The van der Waals surface area contributed by atoms with E-state index in [2.05, 4.69) is 10.2 Å². The highest BCUT2D eigenvalue weighted by Crippen LogP contribution is 2.21. The van der Waals surface area contributed by atoms with Crippen LogP contribution in [0.2, 0.25) is 0 Å². The molecule has 0 saturated heterocycles. The number of aromatic nitrogens is 2. The van der Waals surface area contributed by atoms with Gasteiger partial charge in [-0.05, 0) is 25.5 Å². The summed E-state index contributed by atoms with van der Waals surface area (Å²) in [4.78, 5) is 11.3. The van der Waals surface area contributed by atoms with Crippen molar-refractivity contribution in [2.45, 2.75) is 13.8 Å². The number of para-hydroxylation sites is 1. The quantitative estimate of drug-likeness (QED) is 0.651. The number of esters is 1. The van der Waals surface area contributed by atoms with Crippen LogP contribution in [-0.4, -0.2) is 22.8 Å². The first kappa shape index (κ1) is 11.4. The summed E-state index contributed by atoms with van der Waals surface area (Å²) in [5.74, 6) is -0.336. The molecule has 17 heavy (non-hydrogen) atoms. The Bertz CT molecular complexity index is 570. The smallest absolute Gasteiger partial charge is 0.331 e. The second kappa shape index (κ2) is 4.82. The molecule has 2 aromatic rings. The molecule has 0 bridgehead atoms. The minimum absolute atomic E-state index is 0.336. The molecule has 0 aliphatic rings. The number of rotatable bonds is 3. The van der Waals surface area contributed by atoms with Crippen LogP contribution in [0.1, 0.15) is 19.5 Å². The van der Waals surface area contributed by atoms with Crippen molar-refractivity contribution in [3.63, 3.8) is 0 Å². The molecule has 0 atom stereocenters. The third-order valence-electron chi connectivity index (χ3n) is 2.46. The van der Waals surface area contributed by atoms with Crippen LogP contribution < -0.4 is 0 Å². The molecule has 0 unspecified atom stereocenters. The molecule has 0 fully saturated rings. The first-order valence-electron chi connectivity index (χ1n) is 5.51. The Morgan fingerprint density at radius 1 is 1.47 bits per heavy atom. The SMILES string of the molecule is CCOC(=O)/C=C(/C)c1n[nH]c2ccccc12.